The summed E-state index contributed by atoms with van der Waals surface area (Å²) in [6.45, 7) is 2.07. The van der Waals surface area contributed by atoms with Crippen LogP contribution in [0.4, 0.5) is 0 Å². The first-order valence-corrected chi connectivity index (χ1v) is 3.88. The first-order chi connectivity index (χ1) is 5.70. The fraction of sp³-hybridized carbons (Fsp3) is 0.500. The van der Waals surface area contributed by atoms with Crippen LogP contribution in [0.25, 0.3) is 0 Å². The molecular formula is C8H9NO3. The number of nitrogens with zero attached hydrogens (tertiary/aromatic N) is 1. The lowest BCUT2D eigenvalue weighted by molar-refractivity contribution is 0.0694. The van der Waals surface area contributed by atoms with Crippen LogP contribution in [0.1, 0.15) is 35.4 Å². The molecule has 1 aliphatic rings. The third kappa shape index (κ3) is 0.995. The molecule has 0 bridgehead atoms. The third-order valence-electron chi connectivity index (χ3n) is 2.27. The second-order valence-electron chi connectivity index (χ2n) is 3.23. The van der Waals surface area contributed by atoms with E-state index < -0.39 is 5.97 Å². The van der Waals surface area contributed by atoms with Crippen molar-refractivity contribution in [3.8, 4) is 0 Å². The maximum absolute atomic E-state index is 10.6. The van der Waals surface area contributed by atoms with E-state index in [0.717, 1.165) is 6.42 Å². The molecule has 0 aromatic carbocycles. The van der Waals surface area contributed by atoms with Gasteiger partial charge in [-0.1, -0.05) is 12.1 Å². The van der Waals surface area contributed by atoms with E-state index in [-0.39, 0.29) is 11.5 Å². The SMILES string of the molecule is CC1CC1c1oncc1C(=O)O. The summed E-state index contributed by atoms with van der Waals surface area (Å²) in [5.41, 5.74) is 0.212. The fourth-order valence-electron chi connectivity index (χ4n) is 1.36. The Kier molecular flexibility index (Phi) is 1.43. The molecule has 2 unspecified atom stereocenters. The van der Waals surface area contributed by atoms with Gasteiger partial charge >= 0.3 is 5.97 Å². The van der Waals surface area contributed by atoms with Crippen molar-refractivity contribution in [2.24, 2.45) is 5.92 Å². The number of aromatic nitrogens is 1. The summed E-state index contributed by atoms with van der Waals surface area (Å²) in [5.74, 6) is 0.398. The number of carboxylic acid groups (broad SMARTS) is 1. The predicted octanol–water partition coefficient (Wildman–Crippen LogP) is 1.50. The van der Waals surface area contributed by atoms with Gasteiger partial charge < -0.3 is 9.63 Å². The minimum atomic E-state index is -0.953. The molecule has 0 amide bonds. The minimum absolute atomic E-state index is 0.212. The molecule has 0 saturated heterocycles. The van der Waals surface area contributed by atoms with Crippen molar-refractivity contribution in [3.63, 3.8) is 0 Å². The lowest BCUT2D eigenvalue weighted by Gasteiger charge is -1.91. The standard InChI is InChI=1S/C8H9NO3/c1-4-2-5(4)7-6(8(10)11)3-9-12-7/h3-5H,2H2,1H3,(H,10,11). The molecule has 1 aliphatic carbocycles. The van der Waals surface area contributed by atoms with E-state index in [1.807, 2.05) is 0 Å². The molecule has 1 fully saturated rings. The van der Waals surface area contributed by atoms with Crippen LogP contribution >= 0.6 is 0 Å². The van der Waals surface area contributed by atoms with Crippen molar-refractivity contribution in [1.82, 2.24) is 5.16 Å². The van der Waals surface area contributed by atoms with E-state index in [2.05, 4.69) is 12.1 Å². The topological polar surface area (TPSA) is 63.3 Å². The number of rotatable bonds is 2. The van der Waals surface area contributed by atoms with Gasteiger partial charge in [0.2, 0.25) is 0 Å². The fourth-order valence-corrected chi connectivity index (χ4v) is 1.36. The molecule has 1 heterocycles. The van der Waals surface area contributed by atoms with Crippen LogP contribution in [0.5, 0.6) is 0 Å². The zero-order valence-corrected chi connectivity index (χ0v) is 6.65. The van der Waals surface area contributed by atoms with Crippen molar-refractivity contribution in [1.29, 1.82) is 0 Å². The monoisotopic (exact) mass is 167 g/mol. The van der Waals surface area contributed by atoms with E-state index in [9.17, 15) is 4.79 Å². The van der Waals surface area contributed by atoms with Crippen LogP contribution < -0.4 is 0 Å². The zero-order valence-electron chi connectivity index (χ0n) is 6.65. The summed E-state index contributed by atoms with van der Waals surface area (Å²) >= 11 is 0. The number of hydrogen-bond acceptors (Lipinski definition) is 3. The second kappa shape index (κ2) is 2.33. The first kappa shape index (κ1) is 7.34. The Bertz CT molecular complexity index is 318. The Balaban J connectivity index is 2.31. The van der Waals surface area contributed by atoms with E-state index in [1.165, 1.54) is 6.20 Å². The lowest BCUT2D eigenvalue weighted by atomic mass is 10.2. The normalized spacial score (nSPS) is 27.1. The summed E-state index contributed by atoms with van der Waals surface area (Å²) in [4.78, 5) is 10.6. The molecule has 2 rings (SSSR count). The number of carbonyl (C=O) groups is 1. The van der Waals surface area contributed by atoms with Gasteiger partial charge in [-0.15, -0.1) is 0 Å². The molecule has 0 aliphatic heterocycles. The summed E-state index contributed by atoms with van der Waals surface area (Å²) in [6, 6.07) is 0. The minimum Gasteiger partial charge on any atom is -0.478 e. The molecule has 4 nitrogen and oxygen atoms in total. The maximum Gasteiger partial charge on any atom is 0.340 e. The highest BCUT2D eigenvalue weighted by Crippen LogP contribution is 2.47. The van der Waals surface area contributed by atoms with Crippen LogP contribution in [0, 0.1) is 5.92 Å². The van der Waals surface area contributed by atoms with Gasteiger partial charge in [0, 0.05) is 5.92 Å². The summed E-state index contributed by atoms with van der Waals surface area (Å²) in [7, 11) is 0. The summed E-state index contributed by atoms with van der Waals surface area (Å²) < 4.78 is 4.89. The Labute approximate surface area is 69.2 Å². The van der Waals surface area contributed by atoms with Gasteiger partial charge in [0.1, 0.15) is 5.56 Å². The van der Waals surface area contributed by atoms with Crippen molar-refractivity contribution < 1.29 is 14.4 Å². The number of aromatic carboxylic acids is 1. The van der Waals surface area contributed by atoms with E-state index in [1.54, 1.807) is 0 Å². The average Bonchev–Trinajstić information content (AvgIpc) is 2.58. The Morgan fingerprint density at radius 1 is 1.83 bits per heavy atom. The molecule has 1 aromatic heterocycles. The quantitative estimate of drug-likeness (QED) is 0.724. The van der Waals surface area contributed by atoms with Crippen LogP contribution in [0.2, 0.25) is 0 Å². The first-order valence-electron chi connectivity index (χ1n) is 3.88. The second-order valence-corrected chi connectivity index (χ2v) is 3.23. The highest BCUT2D eigenvalue weighted by Gasteiger charge is 2.40. The molecule has 2 atom stereocenters. The van der Waals surface area contributed by atoms with Crippen molar-refractivity contribution in [2.75, 3.05) is 0 Å². The highest BCUT2D eigenvalue weighted by atomic mass is 16.5. The third-order valence-corrected chi connectivity index (χ3v) is 2.27. The maximum atomic E-state index is 10.6. The van der Waals surface area contributed by atoms with Gasteiger partial charge in [0.15, 0.2) is 5.76 Å². The van der Waals surface area contributed by atoms with Gasteiger partial charge in [0.05, 0.1) is 6.20 Å². The lowest BCUT2D eigenvalue weighted by Crippen LogP contribution is -1.97. The molecular weight excluding hydrogens is 158 g/mol. The number of hydrogen-bond donors (Lipinski definition) is 1. The largest absolute Gasteiger partial charge is 0.478 e. The molecule has 64 valence electrons. The van der Waals surface area contributed by atoms with Gasteiger partial charge in [-0.05, 0) is 12.3 Å². The van der Waals surface area contributed by atoms with Crippen LogP contribution in [0.15, 0.2) is 10.7 Å². The Hall–Kier alpha value is -1.32. The van der Waals surface area contributed by atoms with E-state index in [4.69, 9.17) is 9.63 Å². The summed E-state index contributed by atoms with van der Waals surface area (Å²) in [5, 5.41) is 12.2. The predicted molar refractivity (Wildman–Crippen MR) is 40.0 cm³/mol. The van der Waals surface area contributed by atoms with Crippen molar-refractivity contribution in [2.45, 2.75) is 19.3 Å². The van der Waals surface area contributed by atoms with Gasteiger partial charge in [0.25, 0.3) is 0 Å². The zero-order chi connectivity index (χ0) is 8.72. The van der Waals surface area contributed by atoms with Crippen LogP contribution in [-0.2, 0) is 0 Å². The van der Waals surface area contributed by atoms with Crippen molar-refractivity contribution in [3.05, 3.63) is 17.5 Å². The van der Waals surface area contributed by atoms with Gasteiger partial charge in [-0.3, -0.25) is 0 Å². The smallest absolute Gasteiger partial charge is 0.340 e. The Morgan fingerprint density at radius 3 is 3.00 bits per heavy atom. The molecule has 4 heteroatoms. The molecule has 1 saturated carbocycles. The molecule has 12 heavy (non-hydrogen) atoms. The van der Waals surface area contributed by atoms with Crippen LogP contribution in [0.3, 0.4) is 0 Å². The molecule has 0 radical (unpaired) electrons. The highest BCUT2D eigenvalue weighted by molar-refractivity contribution is 5.88. The summed E-state index contributed by atoms with van der Waals surface area (Å²) in [6.07, 6.45) is 2.28. The number of carboxylic acids is 1. The van der Waals surface area contributed by atoms with Crippen molar-refractivity contribution >= 4 is 5.97 Å². The average molecular weight is 167 g/mol. The Morgan fingerprint density at radius 2 is 2.50 bits per heavy atom. The molecule has 0 spiro atoms. The van der Waals surface area contributed by atoms with E-state index >= 15 is 0 Å². The molecule has 1 aromatic rings. The van der Waals surface area contributed by atoms with E-state index in [0.29, 0.717) is 11.7 Å². The van der Waals surface area contributed by atoms with Gasteiger partial charge in [-0.25, -0.2) is 4.79 Å². The van der Waals surface area contributed by atoms with Crippen LogP contribution in [-0.4, -0.2) is 16.2 Å². The molecule has 1 N–H and O–H groups in total. The van der Waals surface area contributed by atoms with Gasteiger partial charge in [-0.2, -0.15) is 0 Å².